The molecule has 3 unspecified atom stereocenters. The van der Waals surface area contributed by atoms with E-state index in [0.717, 1.165) is 37.7 Å². The van der Waals surface area contributed by atoms with E-state index >= 15 is 0 Å². The van der Waals surface area contributed by atoms with Crippen molar-refractivity contribution in [3.63, 3.8) is 0 Å². The van der Waals surface area contributed by atoms with Gasteiger partial charge < -0.3 is 58.0 Å². The number of ether oxygens (including phenoxy) is 9. The number of esters is 1. The Morgan fingerprint density at radius 2 is 1.63 bits per heavy atom. The molecule has 0 radical (unpaired) electrons. The fraction of sp³-hybridized carbons (Fsp3) is 0.820. The van der Waals surface area contributed by atoms with Crippen LogP contribution >= 0.6 is 0 Å². The molecular weight excluding hydrogens is 809 g/mol. The molecule has 5 heterocycles. The van der Waals surface area contributed by atoms with Gasteiger partial charge in [-0.3, -0.25) is 4.79 Å². The van der Waals surface area contributed by atoms with Crippen molar-refractivity contribution in [3.05, 3.63) is 47.1 Å². The molecule has 13 nitrogen and oxygen atoms in total. The normalized spacial score (nSPS) is 50.0. The summed E-state index contributed by atoms with van der Waals surface area (Å²) >= 11 is 0. The SMILES string of the molecule is CC[C@H](C)[C@H]1OC2(CC[C@@H]1C)C[C@@H]1C/C=C(\C)[C@@H](OC3C[C@H](OC)[C@@H](OC4C[C@H](OC)[C@@H](O)[C@H](C)O4)[C@H](C)O3)[C@@H](C)/C=C/C=C3\CO[C@]4(C)[C@H](O)C(C)=C[C@@H](C(=O)O[C@@H](C1)C2)[C@]34O. The molecule has 0 aromatic carbocycles. The van der Waals surface area contributed by atoms with Crippen LogP contribution in [0.15, 0.2) is 47.1 Å². The lowest BCUT2D eigenvalue weighted by Crippen LogP contribution is -2.65. The number of hydrogen-bond donors (Lipinski definition) is 3. The monoisotopic (exact) mass is 887 g/mol. The maximum absolute atomic E-state index is 14.5. The van der Waals surface area contributed by atoms with Crippen LogP contribution in [0.3, 0.4) is 0 Å². The highest BCUT2D eigenvalue weighted by molar-refractivity contribution is 5.79. The zero-order valence-electron chi connectivity index (χ0n) is 39.7. The molecule has 5 aliphatic heterocycles. The van der Waals surface area contributed by atoms with Crippen molar-refractivity contribution in [2.24, 2.45) is 29.6 Å². The third-order valence-corrected chi connectivity index (χ3v) is 16.1. The van der Waals surface area contributed by atoms with Gasteiger partial charge >= 0.3 is 5.97 Å². The number of aliphatic hydroxyl groups excluding tert-OH is 2. The number of aliphatic hydroxyl groups is 3. The van der Waals surface area contributed by atoms with Crippen LogP contribution in [-0.4, -0.2) is 133 Å². The van der Waals surface area contributed by atoms with Gasteiger partial charge in [0.05, 0.1) is 48.8 Å². The van der Waals surface area contributed by atoms with E-state index in [0.29, 0.717) is 48.7 Å². The second kappa shape index (κ2) is 19.7. The van der Waals surface area contributed by atoms with Gasteiger partial charge in [0.25, 0.3) is 0 Å². The Balaban J connectivity index is 1.19. The van der Waals surface area contributed by atoms with Crippen LogP contribution < -0.4 is 0 Å². The van der Waals surface area contributed by atoms with Gasteiger partial charge in [0.1, 0.15) is 41.5 Å². The number of hydrogen-bond acceptors (Lipinski definition) is 13. The van der Waals surface area contributed by atoms with E-state index in [-0.39, 0.29) is 36.8 Å². The number of fused-ring (bicyclic) bond motifs is 2. The van der Waals surface area contributed by atoms with Crippen LogP contribution in [0, 0.1) is 29.6 Å². The first kappa shape index (κ1) is 48.9. The summed E-state index contributed by atoms with van der Waals surface area (Å²) < 4.78 is 57.7. The molecule has 2 bridgehead atoms. The minimum atomic E-state index is -1.85. The Hall–Kier alpha value is -2.01. The molecule has 63 heavy (non-hydrogen) atoms. The van der Waals surface area contributed by atoms with E-state index in [1.54, 1.807) is 34.1 Å². The molecule has 0 amide bonds. The van der Waals surface area contributed by atoms with Crippen molar-refractivity contribution in [2.75, 3.05) is 20.8 Å². The second-order valence-electron chi connectivity index (χ2n) is 20.5. The summed E-state index contributed by atoms with van der Waals surface area (Å²) in [6, 6.07) is 0. The zero-order valence-corrected chi connectivity index (χ0v) is 39.7. The van der Waals surface area contributed by atoms with Gasteiger partial charge in [-0.1, -0.05) is 64.5 Å². The zero-order chi connectivity index (χ0) is 45.6. The van der Waals surface area contributed by atoms with Crippen molar-refractivity contribution >= 4 is 5.97 Å². The topological polar surface area (TPSA) is 161 Å². The van der Waals surface area contributed by atoms with Gasteiger partial charge in [0.2, 0.25) is 0 Å². The first-order valence-electron chi connectivity index (χ1n) is 23.9. The van der Waals surface area contributed by atoms with Crippen molar-refractivity contribution in [1.82, 2.24) is 0 Å². The first-order valence-corrected chi connectivity index (χ1v) is 23.9. The van der Waals surface area contributed by atoms with Crippen LogP contribution in [0.4, 0.5) is 0 Å². The summed E-state index contributed by atoms with van der Waals surface area (Å²) in [6.45, 7) is 18.3. The Morgan fingerprint density at radius 3 is 2.35 bits per heavy atom. The second-order valence-corrected chi connectivity index (χ2v) is 20.5. The number of carbonyl (C=O) groups excluding carboxylic acids is 1. The molecule has 20 atom stereocenters. The summed E-state index contributed by atoms with van der Waals surface area (Å²) in [4.78, 5) is 14.5. The van der Waals surface area contributed by atoms with E-state index in [4.69, 9.17) is 42.6 Å². The minimum Gasteiger partial charge on any atom is -0.462 e. The molecule has 356 valence electrons. The van der Waals surface area contributed by atoms with Crippen LogP contribution in [0.2, 0.25) is 0 Å². The minimum absolute atomic E-state index is 0.0388. The average molecular weight is 887 g/mol. The van der Waals surface area contributed by atoms with Crippen molar-refractivity contribution in [3.8, 4) is 0 Å². The molecule has 7 rings (SSSR count). The molecule has 1 spiro atoms. The summed E-state index contributed by atoms with van der Waals surface area (Å²) in [6.07, 6.45) is 10.4. The van der Waals surface area contributed by atoms with E-state index in [1.807, 2.05) is 32.1 Å². The lowest BCUT2D eigenvalue weighted by molar-refractivity contribution is -0.318. The van der Waals surface area contributed by atoms with Crippen molar-refractivity contribution in [2.45, 2.75) is 211 Å². The fourth-order valence-corrected chi connectivity index (χ4v) is 12.0. The average Bonchev–Trinajstić information content (AvgIpc) is 3.52. The Kier molecular flexibility index (Phi) is 15.3. The summed E-state index contributed by atoms with van der Waals surface area (Å²) in [5.74, 6) is -0.763. The molecule has 7 aliphatic rings. The largest absolute Gasteiger partial charge is 0.462 e. The lowest BCUT2D eigenvalue weighted by Gasteiger charge is -2.52. The van der Waals surface area contributed by atoms with E-state index in [1.165, 1.54) is 0 Å². The molecule has 0 aromatic heterocycles. The van der Waals surface area contributed by atoms with Gasteiger partial charge in [-0.05, 0) is 101 Å². The van der Waals surface area contributed by atoms with Crippen LogP contribution in [0.1, 0.15) is 120 Å². The van der Waals surface area contributed by atoms with Crippen LogP contribution in [-0.2, 0) is 47.4 Å². The molecular formula is C50H78O13. The van der Waals surface area contributed by atoms with Crippen LogP contribution in [0.5, 0.6) is 0 Å². The summed E-state index contributed by atoms with van der Waals surface area (Å²) in [7, 11) is 3.25. The molecule has 4 saturated heterocycles. The molecule has 5 fully saturated rings. The predicted octanol–water partition coefficient (Wildman–Crippen LogP) is 6.66. The van der Waals surface area contributed by atoms with E-state index < -0.39 is 84.0 Å². The Labute approximate surface area is 375 Å². The molecule has 2 aliphatic carbocycles. The maximum atomic E-state index is 14.5. The highest BCUT2D eigenvalue weighted by atomic mass is 16.7. The Bertz CT molecular complexity index is 1720. The van der Waals surface area contributed by atoms with Gasteiger partial charge in [0, 0.05) is 39.4 Å². The molecule has 0 aromatic rings. The van der Waals surface area contributed by atoms with Crippen LogP contribution in [0.25, 0.3) is 0 Å². The predicted molar refractivity (Wildman–Crippen MR) is 235 cm³/mol. The van der Waals surface area contributed by atoms with Gasteiger partial charge in [-0.15, -0.1) is 0 Å². The van der Waals surface area contributed by atoms with Gasteiger partial charge in [0.15, 0.2) is 12.6 Å². The molecule has 1 saturated carbocycles. The molecule has 3 N–H and O–H groups in total. The Morgan fingerprint density at radius 1 is 0.937 bits per heavy atom. The summed E-state index contributed by atoms with van der Waals surface area (Å²) in [5, 5.41) is 34.8. The van der Waals surface area contributed by atoms with Crippen molar-refractivity contribution in [1.29, 1.82) is 0 Å². The molecule has 13 heteroatoms. The number of carbonyl (C=O) groups is 1. The fourth-order valence-electron chi connectivity index (χ4n) is 12.0. The number of allylic oxidation sites excluding steroid dienone is 3. The number of methoxy groups -OCH3 is 2. The smallest absolute Gasteiger partial charge is 0.316 e. The third-order valence-electron chi connectivity index (χ3n) is 16.1. The standard InChI is InChI=1S/C50H78O13/c1-12-27(2)44-30(5)18-19-49(63-44)24-34-17-16-29(4)43(61-41-23-39(56-11)45(33(8)59-41)62-40-22-38(55-10)42(51)32(7)58-40)28(3)14-13-15-35-26-57-48(9)46(52)31(6)20-37(50(35,48)54)47(53)60-36(21-34)25-49/h13-16,20,27-28,30,32-34,36-46,51-52,54H,12,17-19,21-26H2,1-11H3/b14-13+,29-16+,35-15+/t27-,28-,30-,32-,33-,34+,36-,37-,38-,39-,40?,41?,42-,43-,44+,45-,46+,48+,49?,50+/m0/s1. The van der Waals surface area contributed by atoms with Crippen molar-refractivity contribution < 1.29 is 62.7 Å². The first-order chi connectivity index (χ1) is 29.9. The van der Waals surface area contributed by atoms with E-state index in [2.05, 4.69) is 40.7 Å². The maximum Gasteiger partial charge on any atom is 0.316 e. The highest BCUT2D eigenvalue weighted by Gasteiger charge is 2.67. The highest BCUT2D eigenvalue weighted by Crippen LogP contribution is 2.53. The summed E-state index contributed by atoms with van der Waals surface area (Å²) in [5.41, 5.74) is -1.65. The number of rotatable bonds is 8. The lowest BCUT2D eigenvalue weighted by atomic mass is 9.64. The van der Waals surface area contributed by atoms with Gasteiger partial charge in [-0.25, -0.2) is 0 Å². The van der Waals surface area contributed by atoms with E-state index in [9.17, 15) is 20.1 Å². The quantitative estimate of drug-likeness (QED) is 0.176. The third kappa shape index (κ3) is 9.60. The van der Waals surface area contributed by atoms with Gasteiger partial charge in [-0.2, -0.15) is 0 Å².